The SMILES string of the molecule is CC(=O)Nc1ccc(Oc2cc(Oc3ccc(NC(=O)C(F)(F)F)cc3)cc(C(C)C)c2)cc1. The Balaban J connectivity index is 1.76. The van der Waals surface area contributed by atoms with Gasteiger partial charge >= 0.3 is 12.1 Å². The van der Waals surface area contributed by atoms with Crippen molar-refractivity contribution in [3.05, 3.63) is 72.3 Å². The van der Waals surface area contributed by atoms with Gasteiger partial charge in [-0.25, -0.2) is 0 Å². The van der Waals surface area contributed by atoms with Gasteiger partial charge in [-0.05, 0) is 72.1 Å². The van der Waals surface area contributed by atoms with Crippen molar-refractivity contribution < 1.29 is 32.2 Å². The molecule has 2 amide bonds. The zero-order valence-electron chi connectivity index (χ0n) is 18.7. The Bertz CT molecular complexity index is 1160. The molecule has 3 rings (SSSR count). The monoisotopic (exact) mass is 472 g/mol. The van der Waals surface area contributed by atoms with Crippen molar-refractivity contribution in [2.24, 2.45) is 0 Å². The van der Waals surface area contributed by atoms with E-state index in [2.05, 4.69) is 5.32 Å². The van der Waals surface area contributed by atoms with Crippen molar-refractivity contribution >= 4 is 23.2 Å². The Morgan fingerprint density at radius 3 is 1.56 bits per heavy atom. The molecule has 0 aliphatic carbocycles. The third-order valence-electron chi connectivity index (χ3n) is 4.58. The van der Waals surface area contributed by atoms with Gasteiger partial charge in [0, 0.05) is 24.4 Å². The van der Waals surface area contributed by atoms with Crippen molar-refractivity contribution in [2.45, 2.75) is 32.9 Å². The van der Waals surface area contributed by atoms with Crippen LogP contribution in [0.15, 0.2) is 66.7 Å². The minimum absolute atomic E-state index is 0.00246. The van der Waals surface area contributed by atoms with Crippen LogP contribution in [0.5, 0.6) is 23.0 Å². The van der Waals surface area contributed by atoms with E-state index in [1.54, 1.807) is 35.6 Å². The number of ether oxygens (including phenoxy) is 2. The molecule has 178 valence electrons. The van der Waals surface area contributed by atoms with E-state index in [0.717, 1.165) is 5.56 Å². The lowest BCUT2D eigenvalue weighted by Crippen LogP contribution is -2.29. The Morgan fingerprint density at radius 2 is 1.18 bits per heavy atom. The minimum Gasteiger partial charge on any atom is -0.457 e. The normalized spacial score (nSPS) is 11.1. The maximum atomic E-state index is 12.4. The number of hydrogen-bond donors (Lipinski definition) is 2. The summed E-state index contributed by atoms with van der Waals surface area (Å²) in [6.07, 6.45) is -4.97. The van der Waals surface area contributed by atoms with E-state index in [1.165, 1.54) is 31.2 Å². The highest BCUT2D eigenvalue weighted by Gasteiger charge is 2.38. The van der Waals surface area contributed by atoms with Crippen molar-refractivity contribution in [1.82, 2.24) is 0 Å². The summed E-state index contributed by atoms with van der Waals surface area (Å²) in [6.45, 7) is 5.46. The number of carbonyl (C=O) groups is 2. The largest absolute Gasteiger partial charge is 0.471 e. The molecule has 0 fully saturated rings. The van der Waals surface area contributed by atoms with E-state index in [4.69, 9.17) is 9.47 Å². The van der Waals surface area contributed by atoms with E-state index < -0.39 is 12.1 Å². The van der Waals surface area contributed by atoms with Gasteiger partial charge in [-0.1, -0.05) is 13.8 Å². The van der Waals surface area contributed by atoms with Crippen molar-refractivity contribution in [3.8, 4) is 23.0 Å². The van der Waals surface area contributed by atoms with Gasteiger partial charge in [-0.3, -0.25) is 9.59 Å². The highest BCUT2D eigenvalue weighted by Crippen LogP contribution is 2.33. The van der Waals surface area contributed by atoms with E-state index >= 15 is 0 Å². The number of amides is 2. The molecule has 3 aromatic rings. The number of anilines is 2. The predicted molar refractivity (Wildman–Crippen MR) is 123 cm³/mol. The second kappa shape index (κ2) is 10.3. The van der Waals surface area contributed by atoms with Crippen LogP contribution in [0.2, 0.25) is 0 Å². The summed E-state index contributed by atoms with van der Waals surface area (Å²) in [5.74, 6) is -0.102. The molecule has 0 bridgehead atoms. The molecular weight excluding hydrogens is 449 g/mol. The minimum atomic E-state index is -4.97. The van der Waals surface area contributed by atoms with Gasteiger partial charge in [0.1, 0.15) is 23.0 Å². The molecule has 3 aromatic carbocycles. The van der Waals surface area contributed by atoms with Crippen LogP contribution in [0, 0.1) is 0 Å². The summed E-state index contributed by atoms with van der Waals surface area (Å²) in [4.78, 5) is 22.2. The van der Waals surface area contributed by atoms with Gasteiger partial charge in [0.2, 0.25) is 5.91 Å². The Morgan fingerprint density at radius 1 is 0.735 bits per heavy atom. The first-order valence-electron chi connectivity index (χ1n) is 10.4. The molecule has 9 heteroatoms. The van der Waals surface area contributed by atoms with Gasteiger partial charge in [-0.2, -0.15) is 13.2 Å². The average Bonchev–Trinajstić information content (AvgIpc) is 2.75. The number of alkyl halides is 3. The third-order valence-corrected chi connectivity index (χ3v) is 4.58. The zero-order valence-corrected chi connectivity index (χ0v) is 18.7. The van der Waals surface area contributed by atoms with E-state index in [-0.39, 0.29) is 17.5 Å². The van der Waals surface area contributed by atoms with Crippen molar-refractivity contribution in [3.63, 3.8) is 0 Å². The number of nitrogens with one attached hydrogen (secondary N) is 2. The van der Waals surface area contributed by atoms with Gasteiger partial charge in [0.15, 0.2) is 0 Å². The molecule has 0 unspecified atom stereocenters. The van der Waals surface area contributed by atoms with Crippen LogP contribution in [0.25, 0.3) is 0 Å². The molecule has 0 saturated carbocycles. The van der Waals surface area contributed by atoms with E-state index in [0.29, 0.717) is 28.7 Å². The molecule has 0 saturated heterocycles. The lowest BCUT2D eigenvalue weighted by molar-refractivity contribution is -0.167. The second-order valence-corrected chi connectivity index (χ2v) is 7.78. The molecule has 2 N–H and O–H groups in total. The predicted octanol–water partition coefficient (Wildman–Crippen LogP) is 6.85. The number of halogens is 3. The maximum absolute atomic E-state index is 12.4. The molecule has 0 spiro atoms. The Labute approximate surface area is 194 Å². The molecule has 6 nitrogen and oxygen atoms in total. The van der Waals surface area contributed by atoms with Crippen LogP contribution in [0.1, 0.15) is 32.3 Å². The molecule has 0 aliphatic heterocycles. The van der Waals surface area contributed by atoms with Crippen LogP contribution >= 0.6 is 0 Å². The smallest absolute Gasteiger partial charge is 0.457 e. The first kappa shape index (κ1) is 24.6. The van der Waals surface area contributed by atoms with Gasteiger partial charge in [0.25, 0.3) is 0 Å². The van der Waals surface area contributed by atoms with Crippen LogP contribution in [0.3, 0.4) is 0 Å². The maximum Gasteiger partial charge on any atom is 0.471 e. The molecular formula is C25H23F3N2O4. The molecule has 0 heterocycles. The third kappa shape index (κ3) is 6.99. The highest BCUT2D eigenvalue weighted by atomic mass is 19.4. The van der Waals surface area contributed by atoms with E-state index in [9.17, 15) is 22.8 Å². The summed E-state index contributed by atoms with van der Waals surface area (Å²) in [7, 11) is 0. The number of benzene rings is 3. The summed E-state index contributed by atoms with van der Waals surface area (Å²) in [5.41, 5.74) is 1.60. The van der Waals surface area contributed by atoms with Crippen molar-refractivity contribution in [1.29, 1.82) is 0 Å². The topological polar surface area (TPSA) is 76.7 Å². The van der Waals surface area contributed by atoms with Gasteiger partial charge < -0.3 is 20.1 Å². The molecule has 0 radical (unpaired) electrons. The fraction of sp³-hybridized carbons (Fsp3) is 0.200. The van der Waals surface area contributed by atoms with Crippen LogP contribution < -0.4 is 20.1 Å². The fourth-order valence-corrected chi connectivity index (χ4v) is 2.93. The van der Waals surface area contributed by atoms with Crippen LogP contribution in [-0.2, 0) is 9.59 Å². The molecule has 34 heavy (non-hydrogen) atoms. The number of rotatable bonds is 7. The van der Waals surface area contributed by atoms with E-state index in [1.807, 2.05) is 26.0 Å². The summed E-state index contributed by atoms with van der Waals surface area (Å²) in [6, 6.07) is 17.9. The quantitative estimate of drug-likeness (QED) is 0.394. The highest BCUT2D eigenvalue weighted by molar-refractivity contribution is 5.94. The summed E-state index contributed by atoms with van der Waals surface area (Å²) >= 11 is 0. The number of carbonyl (C=O) groups excluding carboxylic acids is 2. The Kier molecular flexibility index (Phi) is 7.45. The van der Waals surface area contributed by atoms with Crippen LogP contribution in [0.4, 0.5) is 24.5 Å². The van der Waals surface area contributed by atoms with Crippen LogP contribution in [-0.4, -0.2) is 18.0 Å². The standard InChI is InChI=1S/C25H23F3N2O4/c1-15(2)17-12-22(33-20-8-4-18(5-9-20)29-16(3)31)14-23(13-17)34-21-10-6-19(7-11-21)30-24(32)25(26,27)28/h4-15H,1-3H3,(H,29,31)(H,30,32). The van der Waals surface area contributed by atoms with Gasteiger partial charge in [0.05, 0.1) is 0 Å². The summed E-state index contributed by atoms with van der Waals surface area (Å²) in [5, 5.41) is 4.47. The lowest BCUT2D eigenvalue weighted by Gasteiger charge is -2.14. The lowest BCUT2D eigenvalue weighted by atomic mass is 10.0. The molecule has 0 aliphatic rings. The van der Waals surface area contributed by atoms with Crippen molar-refractivity contribution in [2.75, 3.05) is 10.6 Å². The summed E-state index contributed by atoms with van der Waals surface area (Å²) < 4.78 is 49.0. The number of hydrogen-bond acceptors (Lipinski definition) is 4. The molecule has 0 aromatic heterocycles. The first-order valence-corrected chi connectivity index (χ1v) is 10.4. The zero-order chi connectivity index (χ0) is 24.9. The fourth-order valence-electron chi connectivity index (χ4n) is 2.93. The van der Waals surface area contributed by atoms with Gasteiger partial charge in [-0.15, -0.1) is 0 Å². The average molecular weight is 472 g/mol. The second-order valence-electron chi connectivity index (χ2n) is 7.78. The Hall–Kier alpha value is -4.01. The molecule has 0 atom stereocenters. The first-order chi connectivity index (χ1) is 16.0.